The van der Waals surface area contributed by atoms with Crippen molar-refractivity contribution in [1.29, 1.82) is 0 Å². The van der Waals surface area contributed by atoms with Gasteiger partial charge < -0.3 is 0 Å². The average molecular weight is 556 g/mol. The van der Waals surface area contributed by atoms with E-state index in [0.717, 1.165) is 29.0 Å². The summed E-state index contributed by atoms with van der Waals surface area (Å²) >= 11 is 1.18. The zero-order chi connectivity index (χ0) is 26.7. The third kappa shape index (κ3) is 3.92. The van der Waals surface area contributed by atoms with Gasteiger partial charge in [-0.3, -0.25) is 4.79 Å². The van der Waals surface area contributed by atoms with E-state index < -0.39 is 32.1 Å². The van der Waals surface area contributed by atoms with Crippen LogP contribution >= 0.6 is 11.3 Å². The molecule has 0 N–H and O–H groups in total. The Morgan fingerprint density at radius 3 is 2.58 bits per heavy atom. The van der Waals surface area contributed by atoms with Crippen LogP contribution in [0.2, 0.25) is 0 Å². The highest BCUT2D eigenvalue weighted by atomic mass is 32.2. The number of fused-ring (bicyclic) bond motifs is 2. The predicted octanol–water partition coefficient (Wildman–Crippen LogP) is 5.58. The number of nitrogens with zero attached hydrogens (tertiary/aromatic N) is 3. The number of allylic oxidation sites excluding steroid dienone is 1. The van der Waals surface area contributed by atoms with E-state index >= 15 is 0 Å². The fraction of sp³-hybridized carbons (Fsp3) is 0.222. The van der Waals surface area contributed by atoms with Crippen LogP contribution in [0.4, 0.5) is 13.2 Å². The Labute approximate surface area is 220 Å². The molecule has 6 nitrogen and oxygen atoms in total. The number of Topliss-reactive ketones (excluding diaryl/α,β-unsaturated/α-hetero) is 1. The van der Waals surface area contributed by atoms with Gasteiger partial charge in [0.15, 0.2) is 26.5 Å². The van der Waals surface area contributed by atoms with Crippen molar-refractivity contribution in [3.63, 3.8) is 0 Å². The summed E-state index contributed by atoms with van der Waals surface area (Å²) < 4.78 is 69.7. The minimum absolute atomic E-state index is 0.0280. The van der Waals surface area contributed by atoms with E-state index in [4.69, 9.17) is 0 Å². The largest absolute Gasteiger partial charge is 0.290 e. The molecule has 2 aromatic carbocycles. The zero-order valence-electron chi connectivity index (χ0n) is 19.8. The number of ketones is 1. The molecule has 1 fully saturated rings. The van der Waals surface area contributed by atoms with Crippen LogP contribution < -0.4 is 0 Å². The lowest BCUT2D eigenvalue weighted by atomic mass is 9.62. The normalized spacial score (nSPS) is 20.9. The number of carbonyl (C=O) groups excluding carboxylic acids is 1. The Hall–Kier alpha value is -3.57. The van der Waals surface area contributed by atoms with Crippen molar-refractivity contribution >= 4 is 33.0 Å². The number of halogens is 3. The van der Waals surface area contributed by atoms with Crippen LogP contribution in [0.1, 0.15) is 40.3 Å². The van der Waals surface area contributed by atoms with Gasteiger partial charge in [0.05, 0.1) is 33.1 Å². The van der Waals surface area contributed by atoms with Gasteiger partial charge in [-0.15, -0.1) is 11.3 Å². The van der Waals surface area contributed by atoms with E-state index in [2.05, 4.69) is 10.1 Å². The molecule has 1 saturated carbocycles. The van der Waals surface area contributed by atoms with Crippen molar-refractivity contribution in [1.82, 2.24) is 14.8 Å². The van der Waals surface area contributed by atoms with Gasteiger partial charge in [0, 0.05) is 11.6 Å². The summed E-state index contributed by atoms with van der Waals surface area (Å²) in [6.07, 6.45) is 5.73. The molecule has 2 heterocycles. The molecular formula is C27H20F3N3O3S2. The second-order valence-electron chi connectivity index (χ2n) is 9.52. The fourth-order valence-corrected chi connectivity index (χ4v) is 8.02. The third-order valence-electron chi connectivity index (χ3n) is 7.41. The maximum absolute atomic E-state index is 14.0. The maximum atomic E-state index is 14.0. The minimum atomic E-state index is -4.07. The van der Waals surface area contributed by atoms with Crippen molar-refractivity contribution < 1.29 is 26.4 Å². The van der Waals surface area contributed by atoms with Crippen LogP contribution in [0.25, 0.3) is 11.8 Å². The average Bonchev–Trinajstić information content (AvgIpc) is 3.59. The van der Waals surface area contributed by atoms with Gasteiger partial charge in [-0.25, -0.2) is 31.3 Å². The van der Waals surface area contributed by atoms with Crippen LogP contribution in [-0.4, -0.2) is 34.2 Å². The van der Waals surface area contributed by atoms with Crippen molar-refractivity contribution in [3.05, 3.63) is 99.5 Å². The quantitative estimate of drug-likeness (QED) is 0.237. The first-order valence-electron chi connectivity index (χ1n) is 11.9. The molecule has 0 aliphatic heterocycles. The Balaban J connectivity index is 1.44. The molecule has 2 aliphatic carbocycles. The first-order chi connectivity index (χ1) is 18.2. The van der Waals surface area contributed by atoms with Gasteiger partial charge in [-0.05, 0) is 79.8 Å². The van der Waals surface area contributed by atoms with Gasteiger partial charge in [0.2, 0.25) is 5.78 Å². The van der Waals surface area contributed by atoms with Crippen LogP contribution in [0.15, 0.2) is 70.7 Å². The van der Waals surface area contributed by atoms with E-state index in [1.54, 1.807) is 28.4 Å². The lowest BCUT2D eigenvalue weighted by molar-refractivity contribution is 0.0802. The molecule has 0 bridgehead atoms. The summed E-state index contributed by atoms with van der Waals surface area (Å²) in [7, 11) is -4.07. The van der Waals surface area contributed by atoms with Crippen molar-refractivity contribution in [2.45, 2.75) is 35.8 Å². The van der Waals surface area contributed by atoms with Gasteiger partial charge >= 0.3 is 0 Å². The highest BCUT2D eigenvalue weighted by Gasteiger charge is 2.52. The summed E-state index contributed by atoms with van der Waals surface area (Å²) in [6, 6.07) is 8.43. The lowest BCUT2D eigenvalue weighted by Crippen LogP contribution is -2.45. The van der Waals surface area contributed by atoms with E-state index in [1.807, 2.05) is 6.08 Å². The molecule has 2 aromatic heterocycles. The molecule has 38 heavy (non-hydrogen) atoms. The molecule has 4 aromatic rings. The molecule has 0 saturated heterocycles. The first kappa shape index (κ1) is 24.7. The van der Waals surface area contributed by atoms with Crippen molar-refractivity contribution in [3.8, 4) is 5.69 Å². The second-order valence-corrected chi connectivity index (χ2v) is 12.6. The molecule has 194 valence electrons. The highest BCUT2D eigenvalue weighted by Crippen LogP contribution is 2.52. The number of aromatic nitrogens is 3. The molecule has 11 heteroatoms. The van der Waals surface area contributed by atoms with E-state index in [1.165, 1.54) is 29.7 Å². The summed E-state index contributed by atoms with van der Waals surface area (Å²) in [4.78, 5) is 17.9. The summed E-state index contributed by atoms with van der Waals surface area (Å²) in [5.74, 6) is -3.02. The van der Waals surface area contributed by atoms with Gasteiger partial charge in [-0.1, -0.05) is 5.57 Å². The molecule has 0 amide bonds. The molecule has 0 unspecified atom stereocenters. The Morgan fingerprint density at radius 2 is 1.87 bits per heavy atom. The highest BCUT2D eigenvalue weighted by molar-refractivity contribution is 7.92. The van der Waals surface area contributed by atoms with Gasteiger partial charge in [0.25, 0.3) is 0 Å². The van der Waals surface area contributed by atoms with Crippen molar-refractivity contribution in [2.24, 2.45) is 5.41 Å². The monoisotopic (exact) mass is 555 g/mol. The smallest absolute Gasteiger partial charge is 0.201 e. The summed E-state index contributed by atoms with van der Waals surface area (Å²) in [5, 5.41) is 5.45. The molecule has 0 radical (unpaired) electrons. The topological polar surface area (TPSA) is 81.9 Å². The fourth-order valence-electron chi connectivity index (χ4n) is 5.50. The molecule has 6 rings (SSSR count). The molecule has 2 atom stereocenters. The van der Waals surface area contributed by atoms with Crippen LogP contribution in [0, 0.1) is 22.9 Å². The summed E-state index contributed by atoms with van der Waals surface area (Å²) in [6.45, 7) is 0. The zero-order valence-corrected chi connectivity index (χ0v) is 21.4. The third-order valence-corrected chi connectivity index (χ3v) is 10.4. The Kier molecular flexibility index (Phi) is 5.88. The second kappa shape index (κ2) is 9.02. The SMILES string of the molecule is O=C(c1nccs1)[C@@]12Cc3cnn(-c4ccc(F)cc4)c3C=C1CC[C@@H](S(=O)(=O)c1ccc(F)c(F)c1)C2. The summed E-state index contributed by atoms with van der Waals surface area (Å²) in [5.41, 5.74) is 1.73. The number of hydrogen-bond acceptors (Lipinski definition) is 6. The van der Waals surface area contributed by atoms with E-state index in [9.17, 15) is 26.4 Å². The van der Waals surface area contributed by atoms with Gasteiger partial charge in [-0.2, -0.15) is 5.10 Å². The van der Waals surface area contributed by atoms with Crippen LogP contribution in [0.3, 0.4) is 0 Å². The number of carbonyl (C=O) groups is 1. The molecule has 2 aliphatic rings. The first-order valence-corrected chi connectivity index (χ1v) is 14.3. The van der Waals surface area contributed by atoms with E-state index in [-0.39, 0.29) is 40.8 Å². The Bertz CT molecular complexity index is 1700. The lowest BCUT2D eigenvalue weighted by Gasteiger charge is -2.43. The number of hydrogen-bond donors (Lipinski definition) is 0. The molecule has 0 spiro atoms. The van der Waals surface area contributed by atoms with E-state index in [0.29, 0.717) is 18.2 Å². The number of rotatable bonds is 5. The predicted molar refractivity (Wildman–Crippen MR) is 135 cm³/mol. The minimum Gasteiger partial charge on any atom is -0.290 e. The Morgan fingerprint density at radius 1 is 1.08 bits per heavy atom. The van der Waals surface area contributed by atoms with Crippen LogP contribution in [-0.2, 0) is 16.3 Å². The van der Waals surface area contributed by atoms with Gasteiger partial charge in [0.1, 0.15) is 5.82 Å². The number of thiazole rings is 1. The number of sulfone groups is 1. The van der Waals surface area contributed by atoms with Crippen molar-refractivity contribution in [2.75, 3.05) is 0 Å². The molecular weight excluding hydrogens is 535 g/mol. The van der Waals surface area contributed by atoms with Crippen LogP contribution in [0.5, 0.6) is 0 Å². The standard InChI is InChI=1S/C27H20F3N3O3S2/c28-18-2-4-19(5-3-18)33-24-11-17-1-6-21(38(35,36)20-7-8-22(29)23(30)12-20)14-27(17,13-16(24)15-32-33)25(34)26-31-9-10-37-26/h2-5,7-12,15,21H,1,6,13-14H2/t21-,27-/m1/s1. The number of benzene rings is 2. The maximum Gasteiger partial charge on any atom is 0.201 e.